The van der Waals surface area contributed by atoms with E-state index in [-0.39, 0.29) is 0 Å². The Balaban J connectivity index is 1.76. The van der Waals surface area contributed by atoms with Crippen molar-refractivity contribution in [3.8, 4) is 22.9 Å². The van der Waals surface area contributed by atoms with Gasteiger partial charge in [-0.05, 0) is 42.8 Å². The van der Waals surface area contributed by atoms with Gasteiger partial charge in [-0.25, -0.2) is 9.97 Å². The van der Waals surface area contributed by atoms with Crippen LogP contribution in [0.1, 0.15) is 12.5 Å². The van der Waals surface area contributed by atoms with Gasteiger partial charge in [-0.2, -0.15) is 5.26 Å². The summed E-state index contributed by atoms with van der Waals surface area (Å²) < 4.78 is 5.53. The second kappa shape index (κ2) is 7.44. The molecule has 2 heterocycles. The average molecular weight is 372 g/mol. The molecule has 132 valence electrons. The normalized spacial score (nSPS) is 10.5. The van der Waals surface area contributed by atoms with Crippen molar-refractivity contribution in [2.24, 2.45) is 0 Å². The monoisotopic (exact) mass is 372 g/mol. The zero-order valence-corrected chi connectivity index (χ0v) is 15.5. The SMILES string of the molecule is CCOc1ccc(-c2csc3ncnc(Nc4cccc(C#N)c4)c23)cc1. The molecule has 0 aliphatic rings. The number of hydrogen-bond acceptors (Lipinski definition) is 6. The number of thiophene rings is 1. The van der Waals surface area contributed by atoms with Crippen LogP contribution < -0.4 is 10.1 Å². The van der Waals surface area contributed by atoms with Crippen LogP contribution in [0, 0.1) is 11.3 Å². The van der Waals surface area contributed by atoms with Crippen LogP contribution in [0.15, 0.2) is 60.2 Å². The van der Waals surface area contributed by atoms with E-state index in [4.69, 9.17) is 10.00 Å². The molecule has 0 aliphatic carbocycles. The number of fused-ring (bicyclic) bond motifs is 1. The highest BCUT2D eigenvalue weighted by molar-refractivity contribution is 7.17. The van der Waals surface area contributed by atoms with Crippen molar-refractivity contribution in [2.75, 3.05) is 11.9 Å². The third-order valence-electron chi connectivity index (χ3n) is 4.10. The van der Waals surface area contributed by atoms with Crippen molar-refractivity contribution in [1.29, 1.82) is 5.26 Å². The molecule has 2 aromatic heterocycles. The van der Waals surface area contributed by atoms with Gasteiger partial charge in [-0.15, -0.1) is 11.3 Å². The molecule has 0 spiro atoms. The van der Waals surface area contributed by atoms with E-state index in [9.17, 15) is 0 Å². The van der Waals surface area contributed by atoms with E-state index in [2.05, 4.69) is 26.7 Å². The maximum Gasteiger partial charge on any atom is 0.143 e. The van der Waals surface area contributed by atoms with Gasteiger partial charge in [0.05, 0.1) is 23.6 Å². The third kappa shape index (κ3) is 3.46. The highest BCUT2D eigenvalue weighted by Gasteiger charge is 2.13. The molecule has 0 unspecified atom stereocenters. The lowest BCUT2D eigenvalue weighted by atomic mass is 10.1. The number of aromatic nitrogens is 2. The Morgan fingerprint density at radius 2 is 2.00 bits per heavy atom. The Morgan fingerprint density at radius 1 is 1.15 bits per heavy atom. The van der Waals surface area contributed by atoms with Crippen LogP contribution in [0.5, 0.6) is 5.75 Å². The maximum absolute atomic E-state index is 9.11. The molecule has 4 rings (SSSR count). The molecule has 0 atom stereocenters. The first-order chi connectivity index (χ1) is 13.3. The molecule has 0 radical (unpaired) electrons. The van der Waals surface area contributed by atoms with E-state index >= 15 is 0 Å². The number of anilines is 2. The number of ether oxygens (including phenoxy) is 1. The van der Waals surface area contributed by atoms with Gasteiger partial charge in [0.1, 0.15) is 22.7 Å². The molecule has 2 aromatic carbocycles. The second-order valence-electron chi connectivity index (χ2n) is 5.83. The van der Waals surface area contributed by atoms with Crippen molar-refractivity contribution in [3.05, 3.63) is 65.8 Å². The van der Waals surface area contributed by atoms with Gasteiger partial charge in [-0.1, -0.05) is 18.2 Å². The van der Waals surface area contributed by atoms with Gasteiger partial charge in [0.25, 0.3) is 0 Å². The van der Waals surface area contributed by atoms with E-state index in [1.54, 1.807) is 29.8 Å². The van der Waals surface area contributed by atoms with E-state index < -0.39 is 0 Å². The van der Waals surface area contributed by atoms with Gasteiger partial charge in [0.15, 0.2) is 0 Å². The molecule has 0 saturated carbocycles. The fourth-order valence-corrected chi connectivity index (χ4v) is 3.80. The van der Waals surface area contributed by atoms with Crippen LogP contribution in [0.4, 0.5) is 11.5 Å². The molecule has 27 heavy (non-hydrogen) atoms. The lowest BCUT2D eigenvalue weighted by Gasteiger charge is -2.09. The van der Waals surface area contributed by atoms with Gasteiger partial charge >= 0.3 is 0 Å². The number of nitriles is 1. The summed E-state index contributed by atoms with van der Waals surface area (Å²) >= 11 is 1.58. The fraction of sp³-hybridized carbons (Fsp3) is 0.0952. The summed E-state index contributed by atoms with van der Waals surface area (Å²) in [5.41, 5.74) is 3.56. The quantitative estimate of drug-likeness (QED) is 0.510. The first-order valence-corrected chi connectivity index (χ1v) is 9.39. The lowest BCUT2D eigenvalue weighted by molar-refractivity contribution is 0.340. The number of rotatable bonds is 5. The van der Waals surface area contributed by atoms with E-state index in [1.807, 2.05) is 43.3 Å². The minimum Gasteiger partial charge on any atom is -0.494 e. The Kier molecular flexibility index (Phi) is 4.69. The van der Waals surface area contributed by atoms with Crippen LogP contribution in [0.3, 0.4) is 0 Å². The van der Waals surface area contributed by atoms with Crippen molar-refractivity contribution in [1.82, 2.24) is 9.97 Å². The summed E-state index contributed by atoms with van der Waals surface area (Å²) in [6, 6.07) is 17.5. The number of benzene rings is 2. The second-order valence-corrected chi connectivity index (χ2v) is 6.68. The van der Waals surface area contributed by atoms with E-state index in [0.717, 1.165) is 38.6 Å². The first-order valence-electron chi connectivity index (χ1n) is 8.51. The van der Waals surface area contributed by atoms with Gasteiger partial charge in [0.2, 0.25) is 0 Å². The number of nitrogens with one attached hydrogen (secondary N) is 1. The lowest BCUT2D eigenvalue weighted by Crippen LogP contribution is -1.96. The van der Waals surface area contributed by atoms with Crippen molar-refractivity contribution < 1.29 is 4.74 Å². The topological polar surface area (TPSA) is 70.8 Å². The molecule has 0 saturated heterocycles. The highest BCUT2D eigenvalue weighted by Crippen LogP contribution is 2.37. The zero-order chi connectivity index (χ0) is 18.6. The molecule has 0 amide bonds. The minimum absolute atomic E-state index is 0.599. The van der Waals surface area contributed by atoms with Crippen LogP contribution in [-0.2, 0) is 0 Å². The predicted octanol–water partition coefficient (Wildman–Crippen LogP) is 5.37. The summed E-state index contributed by atoms with van der Waals surface area (Å²) in [7, 11) is 0. The molecule has 1 N–H and O–H groups in total. The summed E-state index contributed by atoms with van der Waals surface area (Å²) in [5.74, 6) is 1.57. The summed E-state index contributed by atoms with van der Waals surface area (Å²) in [6.45, 7) is 2.61. The molecule has 5 nitrogen and oxygen atoms in total. The highest BCUT2D eigenvalue weighted by atomic mass is 32.1. The van der Waals surface area contributed by atoms with Gasteiger partial charge in [-0.3, -0.25) is 0 Å². The fourth-order valence-electron chi connectivity index (χ4n) is 2.88. The number of hydrogen-bond donors (Lipinski definition) is 1. The predicted molar refractivity (Wildman–Crippen MR) is 108 cm³/mol. The summed E-state index contributed by atoms with van der Waals surface area (Å²) in [6.07, 6.45) is 1.55. The van der Waals surface area contributed by atoms with Crippen molar-refractivity contribution in [3.63, 3.8) is 0 Å². The maximum atomic E-state index is 9.11. The first kappa shape index (κ1) is 17.0. The Labute approximate surface area is 160 Å². The molecule has 0 fully saturated rings. The van der Waals surface area contributed by atoms with Crippen LogP contribution in [0.25, 0.3) is 21.3 Å². The van der Waals surface area contributed by atoms with E-state index in [1.165, 1.54) is 0 Å². The minimum atomic E-state index is 0.599. The average Bonchev–Trinajstić information content (AvgIpc) is 3.14. The zero-order valence-electron chi connectivity index (χ0n) is 14.6. The number of nitrogens with zero attached hydrogens (tertiary/aromatic N) is 3. The summed E-state index contributed by atoms with van der Waals surface area (Å²) in [4.78, 5) is 9.75. The standard InChI is InChI=1S/C21H16N4OS/c1-2-26-17-8-6-15(7-9-17)18-12-27-21-19(18)20(23-13-24-21)25-16-5-3-4-14(10-16)11-22/h3-10,12-13H,2H2,1H3,(H,23,24,25). The van der Waals surface area contributed by atoms with E-state index in [0.29, 0.717) is 12.2 Å². The van der Waals surface area contributed by atoms with Crippen molar-refractivity contribution in [2.45, 2.75) is 6.92 Å². The van der Waals surface area contributed by atoms with Crippen molar-refractivity contribution >= 4 is 33.1 Å². The van der Waals surface area contributed by atoms with Crippen LogP contribution in [0.2, 0.25) is 0 Å². The van der Waals surface area contributed by atoms with Crippen LogP contribution in [-0.4, -0.2) is 16.6 Å². The third-order valence-corrected chi connectivity index (χ3v) is 4.99. The Morgan fingerprint density at radius 3 is 2.78 bits per heavy atom. The Hall–Kier alpha value is -3.43. The molecule has 0 bridgehead atoms. The smallest absolute Gasteiger partial charge is 0.143 e. The van der Waals surface area contributed by atoms with Crippen LogP contribution >= 0.6 is 11.3 Å². The van der Waals surface area contributed by atoms with Gasteiger partial charge < -0.3 is 10.1 Å². The molecule has 6 heteroatoms. The molecule has 4 aromatic rings. The molecule has 0 aliphatic heterocycles. The summed E-state index contributed by atoms with van der Waals surface area (Å²) in [5, 5.41) is 15.5. The van der Waals surface area contributed by atoms with Gasteiger partial charge in [0, 0.05) is 16.6 Å². The molecular formula is C21H16N4OS. The Bertz CT molecular complexity index is 1130. The largest absolute Gasteiger partial charge is 0.494 e. The molecular weight excluding hydrogens is 356 g/mol.